The van der Waals surface area contributed by atoms with Gasteiger partial charge >= 0.3 is 6.18 Å². The molecule has 1 fully saturated rings. The molecule has 0 aromatic carbocycles. The zero-order chi connectivity index (χ0) is 13.9. The molecule has 1 saturated heterocycles. The third-order valence-corrected chi connectivity index (χ3v) is 2.97. The van der Waals surface area contributed by atoms with E-state index in [0.717, 1.165) is 25.1 Å². The van der Waals surface area contributed by atoms with Gasteiger partial charge in [-0.1, -0.05) is 0 Å². The Morgan fingerprint density at radius 1 is 1.42 bits per heavy atom. The van der Waals surface area contributed by atoms with Crippen LogP contribution in [0.3, 0.4) is 0 Å². The molecule has 1 aliphatic heterocycles. The Labute approximate surface area is 108 Å². The summed E-state index contributed by atoms with van der Waals surface area (Å²) in [6.45, 7) is 0.950. The van der Waals surface area contributed by atoms with E-state index in [0.29, 0.717) is 12.2 Å². The standard InChI is InChI=1S/C12H14F3N3O/c13-12(14,15)8-3-4-9(17-6-8)7-18-10-2-1-5-16-11(10)19/h3-4,6,10,18H,1-2,5,7H2,(H,16,19). The van der Waals surface area contributed by atoms with Crippen LogP contribution in [0.15, 0.2) is 18.3 Å². The number of hydrogen-bond donors (Lipinski definition) is 2. The third-order valence-electron chi connectivity index (χ3n) is 2.97. The number of nitrogens with one attached hydrogen (secondary N) is 2. The highest BCUT2D eigenvalue weighted by Gasteiger charge is 2.30. The van der Waals surface area contributed by atoms with Gasteiger partial charge in [-0.25, -0.2) is 0 Å². The van der Waals surface area contributed by atoms with E-state index in [4.69, 9.17) is 0 Å². The zero-order valence-corrected chi connectivity index (χ0v) is 10.1. The first-order valence-corrected chi connectivity index (χ1v) is 6.00. The van der Waals surface area contributed by atoms with Crippen LogP contribution in [0, 0.1) is 0 Å². The van der Waals surface area contributed by atoms with Gasteiger partial charge in [-0.3, -0.25) is 9.78 Å². The lowest BCUT2D eigenvalue weighted by Crippen LogP contribution is -2.47. The summed E-state index contributed by atoms with van der Waals surface area (Å²) >= 11 is 0. The molecule has 1 aliphatic rings. The van der Waals surface area contributed by atoms with E-state index in [1.165, 1.54) is 6.07 Å². The van der Waals surface area contributed by atoms with Gasteiger partial charge in [-0.2, -0.15) is 13.2 Å². The molecule has 7 heteroatoms. The van der Waals surface area contributed by atoms with Crippen LogP contribution in [-0.4, -0.2) is 23.5 Å². The van der Waals surface area contributed by atoms with E-state index >= 15 is 0 Å². The molecule has 1 aromatic rings. The fourth-order valence-electron chi connectivity index (χ4n) is 1.89. The van der Waals surface area contributed by atoms with Gasteiger partial charge in [0.1, 0.15) is 0 Å². The number of amides is 1. The quantitative estimate of drug-likeness (QED) is 0.877. The highest BCUT2D eigenvalue weighted by atomic mass is 19.4. The van der Waals surface area contributed by atoms with Gasteiger partial charge in [0.25, 0.3) is 0 Å². The SMILES string of the molecule is O=C1NCCCC1NCc1ccc(C(F)(F)F)cn1. The number of aromatic nitrogens is 1. The Kier molecular flexibility index (Phi) is 4.04. The highest BCUT2D eigenvalue weighted by molar-refractivity contribution is 5.82. The monoisotopic (exact) mass is 273 g/mol. The number of piperidine rings is 1. The van der Waals surface area contributed by atoms with Gasteiger partial charge in [0, 0.05) is 19.3 Å². The minimum absolute atomic E-state index is 0.0711. The second-order valence-corrected chi connectivity index (χ2v) is 4.40. The lowest BCUT2D eigenvalue weighted by atomic mass is 10.1. The number of hydrogen-bond acceptors (Lipinski definition) is 3. The summed E-state index contributed by atoms with van der Waals surface area (Å²) < 4.78 is 37.0. The third kappa shape index (κ3) is 3.66. The maximum absolute atomic E-state index is 12.3. The van der Waals surface area contributed by atoms with E-state index in [1.54, 1.807) is 0 Å². The molecule has 0 saturated carbocycles. The second kappa shape index (κ2) is 5.56. The largest absolute Gasteiger partial charge is 0.417 e. The summed E-state index contributed by atoms with van der Waals surface area (Å²) in [5, 5.41) is 5.72. The number of alkyl halides is 3. The van der Waals surface area contributed by atoms with Gasteiger partial charge in [-0.05, 0) is 25.0 Å². The van der Waals surface area contributed by atoms with Crippen LogP contribution in [0.2, 0.25) is 0 Å². The average Bonchev–Trinajstić information content (AvgIpc) is 2.37. The fourth-order valence-corrected chi connectivity index (χ4v) is 1.89. The van der Waals surface area contributed by atoms with Crippen LogP contribution >= 0.6 is 0 Å². The Morgan fingerprint density at radius 3 is 2.79 bits per heavy atom. The summed E-state index contributed by atoms with van der Waals surface area (Å²) in [4.78, 5) is 15.2. The molecule has 0 bridgehead atoms. The molecule has 1 unspecified atom stereocenters. The van der Waals surface area contributed by atoms with E-state index in [2.05, 4.69) is 15.6 Å². The Bertz CT molecular complexity index is 445. The molecule has 0 aliphatic carbocycles. The van der Waals surface area contributed by atoms with Crippen molar-refractivity contribution in [1.29, 1.82) is 0 Å². The molecule has 2 rings (SSSR count). The fraction of sp³-hybridized carbons (Fsp3) is 0.500. The van der Waals surface area contributed by atoms with Crippen molar-refractivity contribution in [2.24, 2.45) is 0 Å². The molecule has 4 nitrogen and oxygen atoms in total. The first-order chi connectivity index (χ1) is 8.97. The van der Waals surface area contributed by atoms with Gasteiger partial charge in [0.15, 0.2) is 0 Å². The first kappa shape index (κ1) is 13.8. The summed E-state index contributed by atoms with van der Waals surface area (Å²) in [5.41, 5.74) is -0.293. The number of rotatable bonds is 3. The van der Waals surface area contributed by atoms with Crippen molar-refractivity contribution in [1.82, 2.24) is 15.6 Å². The minimum Gasteiger partial charge on any atom is -0.355 e. The van der Waals surface area contributed by atoms with Crippen molar-refractivity contribution in [3.63, 3.8) is 0 Å². The molecule has 104 valence electrons. The molecule has 0 spiro atoms. The first-order valence-electron chi connectivity index (χ1n) is 6.00. The van der Waals surface area contributed by atoms with Crippen molar-refractivity contribution in [2.45, 2.75) is 31.6 Å². The molecular weight excluding hydrogens is 259 g/mol. The Hall–Kier alpha value is -1.63. The van der Waals surface area contributed by atoms with Crippen molar-refractivity contribution in [3.05, 3.63) is 29.6 Å². The maximum atomic E-state index is 12.3. The summed E-state index contributed by atoms with van der Waals surface area (Å²) in [7, 11) is 0. The zero-order valence-electron chi connectivity index (χ0n) is 10.1. The van der Waals surface area contributed by atoms with Crippen LogP contribution < -0.4 is 10.6 Å². The van der Waals surface area contributed by atoms with E-state index in [9.17, 15) is 18.0 Å². The minimum atomic E-state index is -4.37. The molecule has 1 amide bonds. The number of pyridine rings is 1. The average molecular weight is 273 g/mol. The molecule has 1 atom stereocenters. The number of carbonyl (C=O) groups is 1. The topological polar surface area (TPSA) is 54.0 Å². The summed E-state index contributed by atoms with van der Waals surface area (Å²) in [6, 6.07) is 2.01. The van der Waals surface area contributed by atoms with Crippen LogP contribution in [0.5, 0.6) is 0 Å². The van der Waals surface area contributed by atoms with Crippen LogP contribution in [0.4, 0.5) is 13.2 Å². The molecule has 0 radical (unpaired) electrons. The van der Waals surface area contributed by atoms with E-state index < -0.39 is 11.7 Å². The number of halogens is 3. The molecule has 19 heavy (non-hydrogen) atoms. The predicted molar refractivity (Wildman–Crippen MR) is 62.1 cm³/mol. The van der Waals surface area contributed by atoms with E-state index in [-0.39, 0.29) is 18.5 Å². The van der Waals surface area contributed by atoms with Crippen molar-refractivity contribution in [2.75, 3.05) is 6.54 Å². The van der Waals surface area contributed by atoms with Gasteiger partial charge < -0.3 is 10.6 Å². The van der Waals surface area contributed by atoms with Crippen molar-refractivity contribution < 1.29 is 18.0 Å². The molecular formula is C12H14F3N3O. The maximum Gasteiger partial charge on any atom is 0.417 e. The lowest BCUT2D eigenvalue weighted by molar-refractivity contribution is -0.137. The van der Waals surface area contributed by atoms with Gasteiger partial charge in [-0.15, -0.1) is 0 Å². The predicted octanol–water partition coefficient (Wildman–Crippen LogP) is 1.47. The van der Waals surface area contributed by atoms with Gasteiger partial charge in [0.05, 0.1) is 17.3 Å². The van der Waals surface area contributed by atoms with Gasteiger partial charge in [0.2, 0.25) is 5.91 Å². The van der Waals surface area contributed by atoms with Crippen molar-refractivity contribution >= 4 is 5.91 Å². The summed E-state index contributed by atoms with van der Waals surface area (Å²) in [5.74, 6) is -0.0711. The molecule has 2 N–H and O–H groups in total. The molecule has 2 heterocycles. The summed E-state index contributed by atoms with van der Waals surface area (Å²) in [6.07, 6.45) is -1.95. The van der Waals surface area contributed by atoms with Crippen LogP contribution in [0.1, 0.15) is 24.1 Å². The van der Waals surface area contributed by atoms with Crippen molar-refractivity contribution in [3.8, 4) is 0 Å². The smallest absolute Gasteiger partial charge is 0.355 e. The second-order valence-electron chi connectivity index (χ2n) is 4.40. The highest BCUT2D eigenvalue weighted by Crippen LogP contribution is 2.28. The van der Waals surface area contributed by atoms with Crippen LogP contribution in [0.25, 0.3) is 0 Å². The normalized spacial score (nSPS) is 20.2. The Balaban J connectivity index is 1.91. The number of nitrogens with zero attached hydrogens (tertiary/aromatic N) is 1. The Morgan fingerprint density at radius 2 is 2.21 bits per heavy atom. The van der Waals surface area contributed by atoms with Crippen LogP contribution in [-0.2, 0) is 17.5 Å². The van der Waals surface area contributed by atoms with E-state index in [1.807, 2.05) is 0 Å². The molecule has 1 aromatic heterocycles. The lowest BCUT2D eigenvalue weighted by Gasteiger charge is -2.22. The number of carbonyl (C=O) groups excluding carboxylic acids is 1.